The predicted octanol–water partition coefficient (Wildman–Crippen LogP) is 1.35. The normalized spacial score (nSPS) is 10.2. The molecule has 1 aromatic carbocycles. The summed E-state index contributed by atoms with van der Waals surface area (Å²) in [6.07, 6.45) is 2.20. The molecule has 0 aliphatic rings. The van der Waals surface area contributed by atoms with Gasteiger partial charge in [-0.2, -0.15) is 0 Å². The fourth-order valence-corrected chi connectivity index (χ4v) is 1.37. The van der Waals surface area contributed by atoms with Crippen LogP contribution in [0.25, 0.3) is 0 Å². The van der Waals surface area contributed by atoms with E-state index in [1.54, 1.807) is 6.07 Å². The van der Waals surface area contributed by atoms with E-state index in [0.717, 1.165) is 12.2 Å². The van der Waals surface area contributed by atoms with Gasteiger partial charge >= 0.3 is 17.9 Å². The van der Waals surface area contributed by atoms with Crippen LogP contribution >= 0.6 is 0 Å². The van der Waals surface area contributed by atoms with Gasteiger partial charge in [0.05, 0.1) is 13.7 Å². The minimum atomic E-state index is -0.702. The van der Waals surface area contributed by atoms with E-state index < -0.39 is 17.9 Å². The van der Waals surface area contributed by atoms with Crippen LogP contribution in [0.15, 0.2) is 36.4 Å². The first-order valence-electron chi connectivity index (χ1n) is 6.44. The van der Waals surface area contributed by atoms with Crippen LogP contribution < -0.4 is 4.74 Å². The quantitative estimate of drug-likeness (QED) is 0.351. The standard InChI is InChI=1S/C15H16O7/c1-20-13(17)7-8-14(18)21-9-3-6-15(19)22-12-5-2-4-11(16)10-12/h2,4-5,7-8,10,16H,3,6,9H2,1H3/b8-7+. The second-order valence-electron chi connectivity index (χ2n) is 4.10. The van der Waals surface area contributed by atoms with Crippen molar-refractivity contribution in [2.24, 2.45) is 0 Å². The summed E-state index contributed by atoms with van der Waals surface area (Å²) in [5, 5.41) is 9.22. The molecule has 0 bridgehead atoms. The third kappa shape index (κ3) is 7.09. The topological polar surface area (TPSA) is 99.1 Å². The number of esters is 3. The zero-order chi connectivity index (χ0) is 16.4. The molecule has 0 fully saturated rings. The highest BCUT2D eigenvalue weighted by Crippen LogP contribution is 2.18. The van der Waals surface area contributed by atoms with Gasteiger partial charge < -0.3 is 19.3 Å². The number of hydrogen-bond donors (Lipinski definition) is 1. The van der Waals surface area contributed by atoms with Crippen molar-refractivity contribution < 1.29 is 33.7 Å². The first-order chi connectivity index (χ1) is 10.5. The van der Waals surface area contributed by atoms with Crippen molar-refractivity contribution >= 4 is 17.9 Å². The number of phenols is 1. The molecule has 0 unspecified atom stereocenters. The number of carbonyl (C=O) groups excluding carboxylic acids is 3. The van der Waals surface area contributed by atoms with Crippen LogP contribution in [-0.4, -0.2) is 36.7 Å². The SMILES string of the molecule is COC(=O)/C=C/C(=O)OCCCC(=O)Oc1cccc(O)c1. The van der Waals surface area contributed by atoms with Crippen LogP contribution in [0, 0.1) is 0 Å². The molecule has 0 heterocycles. The Balaban J connectivity index is 2.21. The Morgan fingerprint density at radius 3 is 2.59 bits per heavy atom. The van der Waals surface area contributed by atoms with Gasteiger partial charge in [-0.3, -0.25) is 4.79 Å². The smallest absolute Gasteiger partial charge is 0.331 e. The van der Waals surface area contributed by atoms with Crippen LogP contribution in [0.1, 0.15) is 12.8 Å². The molecule has 1 rings (SSSR count). The van der Waals surface area contributed by atoms with E-state index in [1.165, 1.54) is 25.3 Å². The molecule has 0 radical (unpaired) electrons. The van der Waals surface area contributed by atoms with Gasteiger partial charge in [-0.05, 0) is 18.6 Å². The number of hydrogen-bond acceptors (Lipinski definition) is 7. The molecule has 0 spiro atoms. The van der Waals surface area contributed by atoms with Crippen LogP contribution in [0.5, 0.6) is 11.5 Å². The summed E-state index contributed by atoms with van der Waals surface area (Å²) in [5.41, 5.74) is 0. The monoisotopic (exact) mass is 308 g/mol. The summed E-state index contributed by atoms with van der Waals surface area (Å²) in [6.45, 7) is 0.0134. The van der Waals surface area contributed by atoms with Crippen LogP contribution in [0.4, 0.5) is 0 Å². The fraction of sp³-hybridized carbons (Fsp3) is 0.267. The maximum atomic E-state index is 11.5. The number of phenolic OH excluding ortho intramolecular Hbond substituents is 1. The van der Waals surface area contributed by atoms with Gasteiger partial charge in [0, 0.05) is 24.6 Å². The molecule has 7 nitrogen and oxygen atoms in total. The van der Waals surface area contributed by atoms with E-state index in [2.05, 4.69) is 4.74 Å². The Labute approximate surface area is 127 Å². The lowest BCUT2D eigenvalue weighted by atomic mass is 10.3. The van der Waals surface area contributed by atoms with Gasteiger partial charge in [0.1, 0.15) is 11.5 Å². The lowest BCUT2D eigenvalue weighted by Crippen LogP contribution is -2.10. The van der Waals surface area contributed by atoms with Gasteiger partial charge in [0.15, 0.2) is 0 Å². The van der Waals surface area contributed by atoms with Gasteiger partial charge in [-0.25, -0.2) is 9.59 Å². The molecule has 7 heteroatoms. The number of rotatable bonds is 7. The van der Waals surface area contributed by atoms with Crippen molar-refractivity contribution in [1.29, 1.82) is 0 Å². The molecule has 0 amide bonds. The van der Waals surface area contributed by atoms with Gasteiger partial charge in [0.2, 0.25) is 0 Å². The second kappa shape index (κ2) is 9.17. The molecular formula is C15H16O7. The van der Waals surface area contributed by atoms with Crippen LogP contribution in [0.3, 0.4) is 0 Å². The molecule has 0 atom stereocenters. The third-order valence-corrected chi connectivity index (χ3v) is 2.38. The number of ether oxygens (including phenoxy) is 3. The number of carbonyl (C=O) groups is 3. The molecule has 0 aliphatic carbocycles. The molecule has 0 aromatic heterocycles. The molecule has 0 aliphatic heterocycles. The highest BCUT2D eigenvalue weighted by molar-refractivity contribution is 5.91. The van der Waals surface area contributed by atoms with Crippen LogP contribution in [0.2, 0.25) is 0 Å². The minimum Gasteiger partial charge on any atom is -0.508 e. The average molecular weight is 308 g/mol. The van der Waals surface area contributed by atoms with Crippen molar-refractivity contribution in [1.82, 2.24) is 0 Å². The zero-order valence-corrected chi connectivity index (χ0v) is 12.0. The highest BCUT2D eigenvalue weighted by atomic mass is 16.5. The van der Waals surface area contributed by atoms with Crippen molar-refractivity contribution in [3.63, 3.8) is 0 Å². The maximum absolute atomic E-state index is 11.5. The molecule has 1 aromatic rings. The Morgan fingerprint density at radius 1 is 1.18 bits per heavy atom. The predicted molar refractivity (Wildman–Crippen MR) is 75.1 cm³/mol. The summed E-state index contributed by atoms with van der Waals surface area (Å²) in [4.78, 5) is 33.4. The summed E-state index contributed by atoms with van der Waals surface area (Å²) in [5.74, 6) is -1.63. The molecule has 1 N–H and O–H groups in total. The number of methoxy groups -OCH3 is 1. The third-order valence-electron chi connectivity index (χ3n) is 2.38. The minimum absolute atomic E-state index is 0.00313. The average Bonchev–Trinajstić information content (AvgIpc) is 2.49. The number of benzene rings is 1. The first-order valence-corrected chi connectivity index (χ1v) is 6.44. The zero-order valence-electron chi connectivity index (χ0n) is 12.0. The second-order valence-corrected chi connectivity index (χ2v) is 4.10. The van der Waals surface area contributed by atoms with Gasteiger partial charge in [-0.15, -0.1) is 0 Å². The Kier molecular flexibility index (Phi) is 7.18. The number of aromatic hydroxyl groups is 1. The Bertz CT molecular complexity index is 563. The molecular weight excluding hydrogens is 292 g/mol. The van der Waals surface area contributed by atoms with E-state index in [0.29, 0.717) is 0 Å². The molecule has 0 saturated carbocycles. The fourth-order valence-electron chi connectivity index (χ4n) is 1.37. The van der Waals surface area contributed by atoms with E-state index in [1.807, 2.05) is 0 Å². The lowest BCUT2D eigenvalue weighted by molar-refractivity contribution is -0.140. The molecule has 0 saturated heterocycles. The lowest BCUT2D eigenvalue weighted by Gasteiger charge is -2.05. The van der Waals surface area contributed by atoms with E-state index in [4.69, 9.17) is 9.47 Å². The summed E-state index contributed by atoms with van der Waals surface area (Å²) in [6, 6.07) is 5.86. The van der Waals surface area contributed by atoms with E-state index in [-0.39, 0.29) is 30.9 Å². The van der Waals surface area contributed by atoms with Crippen molar-refractivity contribution in [2.45, 2.75) is 12.8 Å². The van der Waals surface area contributed by atoms with Gasteiger partial charge in [-0.1, -0.05) is 6.07 Å². The molecule has 118 valence electrons. The first kappa shape index (κ1) is 17.2. The summed E-state index contributed by atoms with van der Waals surface area (Å²) < 4.78 is 14.1. The Morgan fingerprint density at radius 2 is 1.91 bits per heavy atom. The Hall–Kier alpha value is -2.83. The van der Waals surface area contributed by atoms with Crippen molar-refractivity contribution in [2.75, 3.05) is 13.7 Å². The summed E-state index contributed by atoms with van der Waals surface area (Å²) >= 11 is 0. The largest absolute Gasteiger partial charge is 0.508 e. The van der Waals surface area contributed by atoms with Gasteiger partial charge in [0.25, 0.3) is 0 Å². The van der Waals surface area contributed by atoms with E-state index >= 15 is 0 Å². The van der Waals surface area contributed by atoms with E-state index in [9.17, 15) is 19.5 Å². The maximum Gasteiger partial charge on any atom is 0.331 e. The van der Waals surface area contributed by atoms with Crippen LogP contribution in [-0.2, 0) is 23.9 Å². The van der Waals surface area contributed by atoms with Crippen molar-refractivity contribution in [3.05, 3.63) is 36.4 Å². The highest BCUT2D eigenvalue weighted by Gasteiger charge is 2.06. The molecule has 22 heavy (non-hydrogen) atoms. The summed E-state index contributed by atoms with van der Waals surface area (Å²) in [7, 11) is 1.19. The van der Waals surface area contributed by atoms with Crippen molar-refractivity contribution in [3.8, 4) is 11.5 Å².